The molecule has 0 aromatic heterocycles. The van der Waals surface area contributed by atoms with Gasteiger partial charge in [0.05, 0.1) is 0 Å². The highest BCUT2D eigenvalue weighted by Crippen LogP contribution is 2.03. The largest absolute Gasteiger partial charge is 0.314 e. The first kappa shape index (κ1) is 10.3. The fraction of sp³-hybridized carbons (Fsp3) is 0.600. The Balaban J connectivity index is 1.77. The minimum atomic E-state index is -0.185. The van der Waals surface area contributed by atoms with E-state index >= 15 is 0 Å². The van der Waals surface area contributed by atoms with E-state index < -0.39 is 0 Å². The molecule has 0 aromatic rings. The summed E-state index contributed by atoms with van der Waals surface area (Å²) in [7, 11) is 0. The number of nitrogens with zero attached hydrogens (tertiary/aromatic N) is 2. The summed E-state index contributed by atoms with van der Waals surface area (Å²) in [6, 6.07) is 0. The summed E-state index contributed by atoms with van der Waals surface area (Å²) in [5.74, 6) is -0.370. The first-order valence-electron chi connectivity index (χ1n) is 5.24. The van der Waals surface area contributed by atoms with E-state index in [0.29, 0.717) is 6.54 Å². The van der Waals surface area contributed by atoms with Gasteiger partial charge in [-0.3, -0.25) is 19.4 Å². The Labute approximate surface area is 88.7 Å². The van der Waals surface area contributed by atoms with Gasteiger partial charge in [-0.25, -0.2) is 0 Å². The van der Waals surface area contributed by atoms with Crippen LogP contribution in [0.4, 0.5) is 0 Å². The van der Waals surface area contributed by atoms with Gasteiger partial charge in [-0.2, -0.15) is 0 Å². The molecule has 1 saturated heterocycles. The SMILES string of the molecule is O=C1C=CC(=O)N1CCN1CCNCC1. The van der Waals surface area contributed by atoms with Crippen molar-refractivity contribution in [2.45, 2.75) is 0 Å². The Hall–Kier alpha value is -1.20. The van der Waals surface area contributed by atoms with Gasteiger partial charge in [-0.1, -0.05) is 0 Å². The highest BCUT2D eigenvalue weighted by molar-refractivity contribution is 6.12. The van der Waals surface area contributed by atoms with Gasteiger partial charge in [0.1, 0.15) is 0 Å². The summed E-state index contributed by atoms with van der Waals surface area (Å²) < 4.78 is 0. The third kappa shape index (κ3) is 2.43. The van der Waals surface area contributed by atoms with Gasteiger partial charge in [-0.15, -0.1) is 0 Å². The first-order valence-corrected chi connectivity index (χ1v) is 5.24. The summed E-state index contributed by atoms with van der Waals surface area (Å²) in [5.41, 5.74) is 0. The lowest BCUT2D eigenvalue weighted by atomic mass is 10.3. The van der Waals surface area contributed by atoms with E-state index in [0.717, 1.165) is 32.7 Å². The van der Waals surface area contributed by atoms with Crippen molar-refractivity contribution in [1.82, 2.24) is 15.1 Å². The fourth-order valence-corrected chi connectivity index (χ4v) is 1.83. The van der Waals surface area contributed by atoms with Crippen LogP contribution in [-0.2, 0) is 9.59 Å². The number of nitrogens with one attached hydrogen (secondary N) is 1. The molecule has 2 rings (SSSR count). The Kier molecular flexibility index (Phi) is 3.13. The van der Waals surface area contributed by atoms with E-state index in [1.807, 2.05) is 0 Å². The predicted octanol–water partition coefficient (Wildman–Crippen LogP) is -1.18. The molecule has 5 nitrogen and oxygen atoms in total. The number of imide groups is 1. The van der Waals surface area contributed by atoms with Gasteiger partial charge in [0, 0.05) is 51.4 Å². The Morgan fingerprint density at radius 1 is 1.07 bits per heavy atom. The van der Waals surface area contributed by atoms with Crippen LogP contribution in [0, 0.1) is 0 Å². The quantitative estimate of drug-likeness (QED) is 0.594. The van der Waals surface area contributed by atoms with Gasteiger partial charge < -0.3 is 5.32 Å². The van der Waals surface area contributed by atoms with Gasteiger partial charge in [0.2, 0.25) is 0 Å². The predicted molar refractivity (Wildman–Crippen MR) is 55.2 cm³/mol. The van der Waals surface area contributed by atoms with E-state index in [-0.39, 0.29) is 11.8 Å². The van der Waals surface area contributed by atoms with Crippen LogP contribution in [0.1, 0.15) is 0 Å². The molecule has 2 aliphatic rings. The molecule has 0 saturated carbocycles. The van der Waals surface area contributed by atoms with Crippen molar-refractivity contribution in [2.24, 2.45) is 0 Å². The van der Waals surface area contributed by atoms with Crippen molar-refractivity contribution in [1.29, 1.82) is 0 Å². The molecular weight excluding hydrogens is 194 g/mol. The van der Waals surface area contributed by atoms with Crippen LogP contribution in [0.5, 0.6) is 0 Å². The van der Waals surface area contributed by atoms with Crippen molar-refractivity contribution in [3.63, 3.8) is 0 Å². The van der Waals surface area contributed by atoms with Crippen LogP contribution in [-0.4, -0.2) is 60.9 Å². The van der Waals surface area contributed by atoms with Gasteiger partial charge in [-0.05, 0) is 0 Å². The second-order valence-corrected chi connectivity index (χ2v) is 3.75. The Morgan fingerprint density at radius 3 is 2.27 bits per heavy atom. The first-order chi connectivity index (χ1) is 7.27. The topological polar surface area (TPSA) is 52.7 Å². The molecule has 2 amide bonds. The van der Waals surface area contributed by atoms with E-state index in [1.54, 1.807) is 0 Å². The van der Waals surface area contributed by atoms with Crippen LogP contribution in [0.3, 0.4) is 0 Å². The molecule has 0 unspecified atom stereocenters. The van der Waals surface area contributed by atoms with E-state index in [2.05, 4.69) is 10.2 Å². The second kappa shape index (κ2) is 4.55. The number of amides is 2. The van der Waals surface area contributed by atoms with Crippen LogP contribution in [0.25, 0.3) is 0 Å². The van der Waals surface area contributed by atoms with Crippen molar-refractivity contribution in [3.05, 3.63) is 12.2 Å². The highest BCUT2D eigenvalue weighted by Gasteiger charge is 2.23. The lowest BCUT2D eigenvalue weighted by Gasteiger charge is -2.28. The summed E-state index contributed by atoms with van der Waals surface area (Å²) in [6.07, 6.45) is 2.67. The molecule has 82 valence electrons. The zero-order valence-electron chi connectivity index (χ0n) is 8.61. The molecule has 0 atom stereocenters. The molecular formula is C10H15N3O2. The smallest absolute Gasteiger partial charge is 0.253 e. The fourth-order valence-electron chi connectivity index (χ4n) is 1.83. The lowest BCUT2D eigenvalue weighted by Crippen LogP contribution is -2.47. The monoisotopic (exact) mass is 209 g/mol. The minimum Gasteiger partial charge on any atom is -0.314 e. The summed E-state index contributed by atoms with van der Waals surface area (Å²) in [5, 5.41) is 3.26. The van der Waals surface area contributed by atoms with Gasteiger partial charge in [0.25, 0.3) is 11.8 Å². The zero-order chi connectivity index (χ0) is 10.7. The molecule has 1 N–H and O–H groups in total. The van der Waals surface area contributed by atoms with Gasteiger partial charge >= 0.3 is 0 Å². The van der Waals surface area contributed by atoms with Crippen LogP contribution in [0.15, 0.2) is 12.2 Å². The minimum absolute atomic E-state index is 0.185. The normalized spacial score (nSPS) is 22.8. The standard InChI is InChI=1S/C10H15N3O2/c14-9-1-2-10(15)13(9)8-7-12-5-3-11-4-6-12/h1-2,11H,3-8H2. The molecule has 0 bridgehead atoms. The van der Waals surface area contributed by atoms with Crippen molar-refractivity contribution in [2.75, 3.05) is 39.3 Å². The van der Waals surface area contributed by atoms with E-state index in [9.17, 15) is 9.59 Å². The maximum Gasteiger partial charge on any atom is 0.253 e. The van der Waals surface area contributed by atoms with Crippen molar-refractivity contribution in [3.8, 4) is 0 Å². The number of hydrogen-bond acceptors (Lipinski definition) is 4. The summed E-state index contributed by atoms with van der Waals surface area (Å²) in [6.45, 7) is 5.24. The average Bonchev–Trinajstić information content (AvgIpc) is 2.58. The molecule has 0 aliphatic carbocycles. The number of rotatable bonds is 3. The van der Waals surface area contributed by atoms with Crippen LogP contribution in [0.2, 0.25) is 0 Å². The Morgan fingerprint density at radius 2 is 1.67 bits per heavy atom. The van der Waals surface area contributed by atoms with E-state index in [1.165, 1.54) is 17.1 Å². The molecule has 5 heteroatoms. The number of carbonyl (C=O) groups excluding carboxylic acids is 2. The number of hydrogen-bond donors (Lipinski definition) is 1. The van der Waals surface area contributed by atoms with Gasteiger partial charge in [0.15, 0.2) is 0 Å². The second-order valence-electron chi connectivity index (χ2n) is 3.75. The Bertz CT molecular complexity index is 277. The molecule has 0 radical (unpaired) electrons. The van der Waals surface area contributed by atoms with E-state index in [4.69, 9.17) is 0 Å². The number of piperazine rings is 1. The van der Waals surface area contributed by atoms with Crippen LogP contribution < -0.4 is 5.32 Å². The lowest BCUT2D eigenvalue weighted by molar-refractivity contribution is -0.137. The average molecular weight is 209 g/mol. The molecule has 2 aliphatic heterocycles. The molecule has 0 aromatic carbocycles. The third-order valence-electron chi connectivity index (χ3n) is 2.75. The van der Waals surface area contributed by atoms with Crippen molar-refractivity contribution < 1.29 is 9.59 Å². The number of carbonyl (C=O) groups is 2. The van der Waals surface area contributed by atoms with Crippen molar-refractivity contribution >= 4 is 11.8 Å². The summed E-state index contributed by atoms with van der Waals surface area (Å²) >= 11 is 0. The molecule has 1 fully saturated rings. The van der Waals surface area contributed by atoms with Crippen LogP contribution >= 0.6 is 0 Å². The maximum atomic E-state index is 11.2. The summed E-state index contributed by atoms with van der Waals surface area (Å²) in [4.78, 5) is 26.0. The molecule has 0 spiro atoms. The third-order valence-corrected chi connectivity index (χ3v) is 2.75. The molecule has 15 heavy (non-hydrogen) atoms. The highest BCUT2D eigenvalue weighted by atomic mass is 16.2. The maximum absolute atomic E-state index is 11.2. The zero-order valence-corrected chi connectivity index (χ0v) is 8.61. The molecule has 2 heterocycles.